The van der Waals surface area contributed by atoms with E-state index < -0.39 is 13.2 Å². The van der Waals surface area contributed by atoms with Crippen LogP contribution in [0.1, 0.15) is 31.7 Å². The van der Waals surface area contributed by atoms with Crippen LogP contribution in [0, 0.1) is 5.92 Å². The van der Waals surface area contributed by atoms with Crippen LogP contribution in [0.2, 0.25) is 0 Å². The topological polar surface area (TPSA) is 68.2 Å². The molecule has 0 amide bonds. The molecule has 0 fully saturated rings. The van der Waals surface area contributed by atoms with E-state index in [9.17, 15) is 9.67 Å². The van der Waals surface area contributed by atoms with Gasteiger partial charge in [-0.1, -0.05) is 19.9 Å². The molecule has 2 rings (SSSR count). The molecule has 0 aliphatic heterocycles. The van der Waals surface area contributed by atoms with Gasteiger partial charge in [0.25, 0.3) is 7.37 Å². The highest BCUT2D eigenvalue weighted by atomic mass is 31.2. The van der Waals surface area contributed by atoms with Crippen LogP contribution >= 0.6 is 7.37 Å². The average Bonchev–Trinajstić information content (AvgIpc) is 2.72. The number of rotatable bonds is 10. The predicted molar refractivity (Wildman–Crippen MR) is 118 cm³/mol. The van der Waals surface area contributed by atoms with Gasteiger partial charge >= 0.3 is 0 Å². The first-order chi connectivity index (χ1) is 13.7. The van der Waals surface area contributed by atoms with Crippen molar-refractivity contribution in [1.82, 2.24) is 0 Å². The first-order valence-corrected chi connectivity index (χ1v) is 11.3. The molecule has 2 atom stereocenters. The maximum atomic E-state index is 14.0. The van der Waals surface area contributed by atoms with E-state index in [-0.39, 0.29) is 0 Å². The van der Waals surface area contributed by atoms with E-state index in [4.69, 9.17) is 14.0 Å². The van der Waals surface area contributed by atoms with Crippen LogP contribution in [0.3, 0.4) is 0 Å². The van der Waals surface area contributed by atoms with Crippen LogP contribution in [0.25, 0.3) is 0 Å². The Balaban J connectivity index is 2.44. The average molecular weight is 421 g/mol. The van der Waals surface area contributed by atoms with Gasteiger partial charge in [0.05, 0.1) is 20.8 Å². The van der Waals surface area contributed by atoms with Crippen molar-refractivity contribution in [2.75, 3.05) is 39.8 Å². The van der Waals surface area contributed by atoms with Gasteiger partial charge < -0.3 is 24.0 Å². The molecule has 0 bridgehead atoms. The minimum Gasteiger partial charge on any atom is -0.493 e. The van der Waals surface area contributed by atoms with Crippen LogP contribution in [0.5, 0.6) is 11.5 Å². The maximum Gasteiger partial charge on any atom is 0.264 e. The summed E-state index contributed by atoms with van der Waals surface area (Å²) in [5.74, 6) is 0.0764. The summed E-state index contributed by atoms with van der Waals surface area (Å²) in [5, 5.41) is 11.6. The maximum absolute atomic E-state index is 14.0. The smallest absolute Gasteiger partial charge is 0.264 e. The van der Waals surface area contributed by atoms with Crippen LogP contribution in [0.4, 0.5) is 5.69 Å². The lowest BCUT2D eigenvalue weighted by molar-refractivity contribution is 0.208. The summed E-state index contributed by atoms with van der Waals surface area (Å²) in [6.45, 7) is 4.45. The molecular weight excluding hydrogens is 389 g/mol. The number of hydrogen-bond acceptors (Lipinski definition) is 6. The van der Waals surface area contributed by atoms with E-state index in [1.54, 1.807) is 37.4 Å². The van der Waals surface area contributed by atoms with Crippen molar-refractivity contribution in [3.63, 3.8) is 0 Å². The third-order valence-corrected chi connectivity index (χ3v) is 7.26. The van der Waals surface area contributed by atoms with Gasteiger partial charge in [0.2, 0.25) is 0 Å². The Labute approximate surface area is 173 Å². The van der Waals surface area contributed by atoms with E-state index in [1.807, 2.05) is 31.1 Å². The van der Waals surface area contributed by atoms with Crippen molar-refractivity contribution < 1.29 is 23.7 Å². The Bertz CT molecular complexity index is 836. The molecule has 0 radical (unpaired) electrons. The van der Waals surface area contributed by atoms with Crippen molar-refractivity contribution in [1.29, 1.82) is 0 Å². The van der Waals surface area contributed by atoms with E-state index >= 15 is 0 Å². The quantitative estimate of drug-likeness (QED) is 0.573. The lowest BCUT2D eigenvalue weighted by Crippen LogP contribution is -2.17. The van der Waals surface area contributed by atoms with Crippen LogP contribution in [-0.4, -0.2) is 40.0 Å². The van der Waals surface area contributed by atoms with Gasteiger partial charge in [-0.15, -0.1) is 0 Å². The van der Waals surface area contributed by atoms with Crippen LogP contribution in [-0.2, 0) is 9.09 Å². The summed E-state index contributed by atoms with van der Waals surface area (Å²) in [5.41, 5.74) is 1.43. The Morgan fingerprint density at radius 3 is 2.14 bits per heavy atom. The third-order valence-electron chi connectivity index (χ3n) is 4.73. The zero-order valence-corrected chi connectivity index (χ0v) is 19.0. The Hall–Kier alpha value is -2.01. The first kappa shape index (κ1) is 23.3. The van der Waals surface area contributed by atoms with E-state index in [1.165, 1.54) is 7.11 Å². The number of hydrogen-bond donors (Lipinski definition) is 1. The molecule has 7 heteroatoms. The zero-order valence-electron chi connectivity index (χ0n) is 18.1. The van der Waals surface area contributed by atoms with E-state index in [0.29, 0.717) is 34.9 Å². The fourth-order valence-corrected chi connectivity index (χ4v) is 4.95. The molecule has 2 aromatic rings. The van der Waals surface area contributed by atoms with Crippen LogP contribution in [0.15, 0.2) is 42.5 Å². The van der Waals surface area contributed by atoms with Gasteiger partial charge in [-0.3, -0.25) is 4.57 Å². The van der Waals surface area contributed by atoms with E-state index in [2.05, 4.69) is 13.8 Å². The number of ether oxygens (including phenoxy) is 2. The van der Waals surface area contributed by atoms with Gasteiger partial charge in [0.1, 0.15) is 0 Å². The number of methoxy groups -OCH3 is 2. The molecule has 0 saturated carbocycles. The molecule has 0 spiro atoms. The lowest BCUT2D eigenvalue weighted by Gasteiger charge is -2.26. The highest BCUT2D eigenvalue weighted by Gasteiger charge is 2.37. The molecule has 0 saturated heterocycles. The molecule has 6 nitrogen and oxygen atoms in total. The minimum absolute atomic E-state index is 0.300. The first-order valence-electron chi connectivity index (χ1n) is 9.65. The van der Waals surface area contributed by atoms with E-state index in [0.717, 1.165) is 12.1 Å². The molecule has 0 heterocycles. The molecular formula is C22H32NO5P. The van der Waals surface area contributed by atoms with Crippen LogP contribution < -0.4 is 19.7 Å². The standard InChI is InChI=1S/C22H32NO5P/c1-16(2)13-14-28-29(25,19-10-8-18(9-11-19)23(3)4)22(24)17-7-12-20(26-5)21(15-17)27-6/h7-12,15-16,22,24H,13-14H2,1-6H3/t22-,29+/m0/s1. The normalized spacial score (nSPS) is 14.3. The Kier molecular flexibility index (Phi) is 8.14. The van der Waals surface area contributed by atoms with Gasteiger partial charge in [-0.05, 0) is 54.3 Å². The molecule has 160 valence electrons. The third kappa shape index (κ3) is 5.53. The second kappa shape index (κ2) is 10.1. The van der Waals surface area contributed by atoms with Crippen molar-refractivity contribution in [3.8, 4) is 11.5 Å². The largest absolute Gasteiger partial charge is 0.493 e. The number of benzene rings is 2. The number of aliphatic hydroxyl groups excluding tert-OH is 1. The SMILES string of the molecule is COc1ccc([C@@H](O)[P@](=O)(OCCC(C)C)c2ccc(N(C)C)cc2)cc1OC. The van der Waals surface area contributed by atoms with Gasteiger partial charge in [0, 0.05) is 25.1 Å². The molecule has 1 N–H and O–H groups in total. The number of anilines is 1. The number of nitrogens with zero attached hydrogens (tertiary/aromatic N) is 1. The highest BCUT2D eigenvalue weighted by Crippen LogP contribution is 2.58. The highest BCUT2D eigenvalue weighted by molar-refractivity contribution is 7.67. The van der Waals surface area contributed by atoms with Gasteiger partial charge in [-0.25, -0.2) is 0 Å². The summed E-state index contributed by atoms with van der Waals surface area (Å²) in [6.07, 6.45) is 0.748. The van der Waals surface area contributed by atoms with Crippen molar-refractivity contribution in [2.24, 2.45) is 5.92 Å². The minimum atomic E-state index is -3.60. The number of aliphatic hydroxyl groups is 1. The Morgan fingerprint density at radius 1 is 1.00 bits per heavy atom. The summed E-state index contributed by atoms with van der Waals surface area (Å²) in [7, 11) is 3.33. The van der Waals surface area contributed by atoms with Crippen molar-refractivity contribution in [3.05, 3.63) is 48.0 Å². The monoisotopic (exact) mass is 421 g/mol. The second-order valence-electron chi connectivity index (χ2n) is 7.51. The molecule has 29 heavy (non-hydrogen) atoms. The van der Waals surface area contributed by atoms with Gasteiger partial charge in [0.15, 0.2) is 17.3 Å². The Morgan fingerprint density at radius 2 is 1.62 bits per heavy atom. The molecule has 0 aromatic heterocycles. The molecule has 0 aliphatic carbocycles. The molecule has 0 aliphatic rings. The summed E-state index contributed by atoms with van der Waals surface area (Å²) in [4.78, 5) is 1.96. The predicted octanol–water partition coefficient (Wildman–Crippen LogP) is 4.43. The fraction of sp³-hybridized carbons (Fsp3) is 0.455. The van der Waals surface area contributed by atoms with Gasteiger partial charge in [-0.2, -0.15) is 0 Å². The molecule has 2 aromatic carbocycles. The van der Waals surface area contributed by atoms with Crippen molar-refractivity contribution >= 4 is 18.4 Å². The summed E-state index contributed by atoms with van der Waals surface area (Å²) in [6, 6.07) is 12.3. The summed E-state index contributed by atoms with van der Waals surface area (Å²) >= 11 is 0. The second-order valence-corrected chi connectivity index (χ2v) is 9.97. The fourth-order valence-electron chi connectivity index (χ4n) is 2.88. The zero-order chi connectivity index (χ0) is 21.6. The molecule has 0 unspecified atom stereocenters. The summed E-state index contributed by atoms with van der Waals surface area (Å²) < 4.78 is 30.5. The lowest BCUT2D eigenvalue weighted by atomic mass is 10.2. The van der Waals surface area contributed by atoms with Crippen molar-refractivity contribution in [2.45, 2.75) is 26.1 Å².